The zero-order valence-corrected chi connectivity index (χ0v) is 11.6. The van der Waals surface area contributed by atoms with E-state index < -0.39 is 17.3 Å². The molecule has 0 radical (unpaired) electrons. The van der Waals surface area contributed by atoms with Crippen LogP contribution >= 0.6 is 11.6 Å². The molecule has 0 heterocycles. The SMILES string of the molecule is CNC=CC(=O)C(=N)C(=O)C=C[NH2+]c1cccc(Cl)c1. The van der Waals surface area contributed by atoms with Gasteiger partial charge in [-0.2, -0.15) is 0 Å². The lowest BCUT2D eigenvalue weighted by molar-refractivity contribution is -0.496. The summed E-state index contributed by atoms with van der Waals surface area (Å²) in [4.78, 5) is 23.0. The molecule has 0 bridgehead atoms. The van der Waals surface area contributed by atoms with Crippen molar-refractivity contribution in [1.82, 2.24) is 5.32 Å². The van der Waals surface area contributed by atoms with Crippen LogP contribution in [-0.2, 0) is 9.59 Å². The standard InChI is InChI=1S/C14H14ClN3O2/c1-17-7-5-12(19)14(16)13(20)6-8-18-11-4-2-3-10(15)9-11/h2-9,16-18H,1H3/p+1. The summed E-state index contributed by atoms with van der Waals surface area (Å²) < 4.78 is 0. The predicted octanol–water partition coefficient (Wildman–Crippen LogP) is 0.940. The van der Waals surface area contributed by atoms with Gasteiger partial charge in [-0.15, -0.1) is 0 Å². The highest BCUT2D eigenvalue weighted by molar-refractivity contribution is 6.69. The normalized spacial score (nSPS) is 10.9. The summed E-state index contributed by atoms with van der Waals surface area (Å²) in [5.74, 6) is -1.29. The Morgan fingerprint density at radius 3 is 2.65 bits per heavy atom. The van der Waals surface area contributed by atoms with E-state index in [1.165, 1.54) is 18.5 Å². The molecule has 4 N–H and O–H groups in total. The minimum Gasteiger partial charge on any atom is -0.394 e. The van der Waals surface area contributed by atoms with Gasteiger partial charge in [-0.25, -0.2) is 0 Å². The van der Waals surface area contributed by atoms with Gasteiger partial charge in [0.2, 0.25) is 11.6 Å². The van der Waals surface area contributed by atoms with Crippen molar-refractivity contribution in [2.45, 2.75) is 0 Å². The fraction of sp³-hybridized carbons (Fsp3) is 0.0714. The van der Waals surface area contributed by atoms with Gasteiger partial charge in [0.1, 0.15) is 17.6 Å². The number of benzene rings is 1. The molecule has 0 aromatic heterocycles. The number of rotatable bonds is 7. The van der Waals surface area contributed by atoms with E-state index in [4.69, 9.17) is 17.0 Å². The minimum atomic E-state index is -0.644. The average Bonchev–Trinajstić information content (AvgIpc) is 2.43. The van der Waals surface area contributed by atoms with Crippen LogP contribution in [0.3, 0.4) is 0 Å². The Balaban J connectivity index is 2.57. The summed E-state index contributed by atoms with van der Waals surface area (Å²) in [5.41, 5.74) is 0.252. The van der Waals surface area contributed by atoms with Crippen molar-refractivity contribution in [2.24, 2.45) is 0 Å². The molecule has 104 valence electrons. The first kappa shape index (κ1) is 15.8. The van der Waals surface area contributed by atoms with Crippen LogP contribution in [0, 0.1) is 5.41 Å². The van der Waals surface area contributed by atoms with Crippen molar-refractivity contribution >= 4 is 34.6 Å². The molecule has 1 rings (SSSR count). The predicted molar refractivity (Wildman–Crippen MR) is 78.1 cm³/mol. The molecule has 0 aliphatic rings. The van der Waals surface area contributed by atoms with Crippen LogP contribution in [0.1, 0.15) is 0 Å². The molecule has 0 spiro atoms. The van der Waals surface area contributed by atoms with Crippen LogP contribution in [0.15, 0.2) is 48.8 Å². The Hall–Kier alpha value is -2.24. The van der Waals surface area contributed by atoms with Crippen LogP contribution < -0.4 is 10.6 Å². The maximum Gasteiger partial charge on any atom is 0.212 e. The summed E-state index contributed by atoms with van der Waals surface area (Å²) in [6.07, 6.45) is 5.16. The second-order valence-corrected chi connectivity index (χ2v) is 4.24. The smallest absolute Gasteiger partial charge is 0.212 e. The number of carbonyl (C=O) groups excluding carboxylic acids is 2. The number of hydrogen-bond acceptors (Lipinski definition) is 4. The first-order valence-electron chi connectivity index (χ1n) is 5.82. The van der Waals surface area contributed by atoms with Gasteiger partial charge in [0.15, 0.2) is 0 Å². The van der Waals surface area contributed by atoms with Crippen molar-refractivity contribution in [3.63, 3.8) is 0 Å². The lowest BCUT2D eigenvalue weighted by Crippen LogP contribution is -2.71. The van der Waals surface area contributed by atoms with Gasteiger partial charge >= 0.3 is 0 Å². The fourth-order valence-electron chi connectivity index (χ4n) is 1.30. The van der Waals surface area contributed by atoms with Crippen LogP contribution in [0.4, 0.5) is 5.69 Å². The molecule has 20 heavy (non-hydrogen) atoms. The van der Waals surface area contributed by atoms with Gasteiger partial charge in [0.25, 0.3) is 0 Å². The molecule has 0 saturated heterocycles. The van der Waals surface area contributed by atoms with E-state index in [0.29, 0.717) is 5.02 Å². The molecule has 0 atom stereocenters. The molecule has 1 aromatic carbocycles. The molecule has 0 unspecified atom stereocenters. The molecule has 0 aliphatic heterocycles. The molecular weight excluding hydrogens is 278 g/mol. The highest BCUT2D eigenvalue weighted by atomic mass is 35.5. The van der Waals surface area contributed by atoms with E-state index >= 15 is 0 Å². The van der Waals surface area contributed by atoms with Crippen molar-refractivity contribution in [3.8, 4) is 0 Å². The summed E-state index contributed by atoms with van der Waals surface area (Å²) in [5, 5.41) is 12.3. The molecule has 1 aromatic rings. The number of halogens is 1. The molecule has 0 fully saturated rings. The van der Waals surface area contributed by atoms with Gasteiger partial charge in [-0.05, 0) is 12.1 Å². The zero-order valence-electron chi connectivity index (χ0n) is 10.9. The Labute approximate surface area is 121 Å². The van der Waals surface area contributed by atoms with E-state index in [-0.39, 0.29) is 0 Å². The third-order valence-corrected chi connectivity index (χ3v) is 2.51. The molecule has 0 aliphatic carbocycles. The number of quaternary nitrogens is 1. The number of nitrogens with two attached hydrogens (primary N) is 1. The maximum absolute atomic E-state index is 11.6. The van der Waals surface area contributed by atoms with Crippen molar-refractivity contribution < 1.29 is 14.9 Å². The monoisotopic (exact) mass is 292 g/mol. The number of ketones is 2. The summed E-state index contributed by atoms with van der Waals surface area (Å²) in [7, 11) is 1.62. The lowest BCUT2D eigenvalue weighted by atomic mass is 10.1. The van der Waals surface area contributed by atoms with Crippen LogP contribution in [0.25, 0.3) is 0 Å². The molecule has 0 saturated carbocycles. The maximum atomic E-state index is 11.6. The average molecular weight is 293 g/mol. The number of carbonyl (C=O) groups is 2. The Kier molecular flexibility index (Phi) is 6.36. The number of allylic oxidation sites excluding steroid dienone is 2. The van der Waals surface area contributed by atoms with Crippen molar-refractivity contribution in [2.75, 3.05) is 7.05 Å². The number of hydrogen-bond donors (Lipinski definition) is 3. The Morgan fingerprint density at radius 1 is 1.30 bits per heavy atom. The summed E-state index contributed by atoms with van der Waals surface area (Å²) >= 11 is 5.82. The second-order valence-electron chi connectivity index (χ2n) is 3.81. The van der Waals surface area contributed by atoms with Crippen LogP contribution in [0.2, 0.25) is 5.02 Å². The minimum absolute atomic E-state index is 0.577. The van der Waals surface area contributed by atoms with E-state index in [1.807, 2.05) is 6.07 Å². The third-order valence-electron chi connectivity index (χ3n) is 2.28. The highest BCUT2D eigenvalue weighted by Crippen LogP contribution is 2.10. The second kappa shape index (κ2) is 8.04. The third kappa shape index (κ3) is 5.17. The Morgan fingerprint density at radius 2 is 2.00 bits per heavy atom. The topological polar surface area (TPSA) is 86.6 Å². The first-order chi connectivity index (χ1) is 9.54. The van der Waals surface area contributed by atoms with Crippen LogP contribution in [0.5, 0.6) is 0 Å². The zero-order chi connectivity index (χ0) is 15.0. The van der Waals surface area contributed by atoms with E-state index in [0.717, 1.165) is 11.8 Å². The van der Waals surface area contributed by atoms with Crippen molar-refractivity contribution in [1.29, 1.82) is 5.41 Å². The summed E-state index contributed by atoms with van der Waals surface area (Å²) in [6, 6.07) is 7.10. The largest absolute Gasteiger partial charge is 0.394 e. The van der Waals surface area contributed by atoms with Crippen molar-refractivity contribution in [3.05, 3.63) is 53.8 Å². The van der Waals surface area contributed by atoms with E-state index in [9.17, 15) is 9.59 Å². The molecule has 5 nitrogen and oxygen atoms in total. The highest BCUT2D eigenvalue weighted by Gasteiger charge is 2.13. The Bertz CT molecular complexity index is 580. The lowest BCUT2D eigenvalue weighted by Gasteiger charge is -1.95. The van der Waals surface area contributed by atoms with Crippen LogP contribution in [-0.4, -0.2) is 24.3 Å². The quantitative estimate of drug-likeness (QED) is 0.302. The van der Waals surface area contributed by atoms with E-state index in [1.54, 1.807) is 30.6 Å². The van der Waals surface area contributed by atoms with Gasteiger partial charge in [-0.3, -0.25) is 20.3 Å². The number of nitrogens with one attached hydrogen (secondary N) is 2. The van der Waals surface area contributed by atoms with Gasteiger partial charge in [0.05, 0.1) is 0 Å². The van der Waals surface area contributed by atoms with Gasteiger partial charge in [0, 0.05) is 36.5 Å². The molecular formula is C14H15ClN3O2+. The summed E-state index contributed by atoms with van der Waals surface area (Å²) in [6.45, 7) is 0. The van der Waals surface area contributed by atoms with Gasteiger partial charge in [-0.1, -0.05) is 17.7 Å². The first-order valence-corrected chi connectivity index (χ1v) is 6.20. The van der Waals surface area contributed by atoms with E-state index in [2.05, 4.69) is 5.32 Å². The molecule has 6 heteroatoms. The molecule has 0 amide bonds. The fourth-order valence-corrected chi connectivity index (χ4v) is 1.50. The van der Waals surface area contributed by atoms with Gasteiger partial charge < -0.3 is 5.32 Å².